The Bertz CT molecular complexity index is 655. The molecule has 1 aromatic carbocycles. The zero-order valence-corrected chi connectivity index (χ0v) is 15.1. The highest BCUT2D eigenvalue weighted by Gasteiger charge is 2.23. The predicted molar refractivity (Wildman–Crippen MR) is 87.9 cm³/mol. The number of nitrogens with one attached hydrogen (secondary N) is 1. The monoisotopic (exact) mass is 389 g/mol. The van der Waals surface area contributed by atoms with Gasteiger partial charge in [-0.2, -0.15) is 0 Å². The number of hydrogen-bond donors (Lipinski definition) is 1. The molecule has 1 aliphatic rings. The number of hydrazine groups is 1. The standard InChI is InChI=1S/C14H20BrN3O3S/c1-17(2)22(20,21)13-10-11(6-7-12(13)15)14(19)16-18-8-4-3-5-9-18/h6-7,10H,3-5,8-9H2,1-2H3,(H,16,19). The number of rotatable bonds is 4. The molecule has 1 saturated heterocycles. The van der Waals surface area contributed by atoms with Crippen LogP contribution >= 0.6 is 15.9 Å². The fourth-order valence-electron chi connectivity index (χ4n) is 2.25. The lowest BCUT2D eigenvalue weighted by Gasteiger charge is -2.26. The predicted octanol–water partition coefficient (Wildman–Crippen LogP) is 1.83. The molecule has 0 spiro atoms. The maximum absolute atomic E-state index is 12.3. The number of piperidine rings is 1. The molecule has 0 unspecified atom stereocenters. The molecule has 6 nitrogen and oxygen atoms in total. The molecule has 0 saturated carbocycles. The first kappa shape index (κ1) is 17.4. The molecule has 0 radical (unpaired) electrons. The van der Waals surface area contributed by atoms with Gasteiger partial charge in [0.25, 0.3) is 5.91 Å². The van der Waals surface area contributed by atoms with Gasteiger partial charge in [0.05, 0.1) is 4.90 Å². The van der Waals surface area contributed by atoms with Crippen molar-refractivity contribution in [2.45, 2.75) is 24.2 Å². The second-order valence-electron chi connectivity index (χ2n) is 5.42. The Morgan fingerprint density at radius 1 is 1.23 bits per heavy atom. The molecule has 122 valence electrons. The van der Waals surface area contributed by atoms with Gasteiger partial charge in [0.2, 0.25) is 10.0 Å². The van der Waals surface area contributed by atoms with E-state index in [-0.39, 0.29) is 10.8 Å². The molecule has 0 aliphatic carbocycles. The highest BCUT2D eigenvalue weighted by atomic mass is 79.9. The van der Waals surface area contributed by atoms with E-state index in [1.165, 1.54) is 26.6 Å². The van der Waals surface area contributed by atoms with Crippen molar-refractivity contribution in [1.29, 1.82) is 0 Å². The second kappa shape index (κ2) is 7.08. The average Bonchev–Trinajstić information content (AvgIpc) is 2.48. The van der Waals surface area contributed by atoms with Crippen LogP contribution in [0.1, 0.15) is 29.6 Å². The summed E-state index contributed by atoms with van der Waals surface area (Å²) in [6.07, 6.45) is 3.29. The van der Waals surface area contributed by atoms with E-state index in [2.05, 4.69) is 21.4 Å². The minimum absolute atomic E-state index is 0.0868. The number of carbonyl (C=O) groups excluding carboxylic acids is 1. The molecule has 1 amide bonds. The lowest BCUT2D eigenvalue weighted by molar-refractivity contribution is 0.0750. The van der Waals surface area contributed by atoms with Crippen molar-refractivity contribution in [3.63, 3.8) is 0 Å². The van der Waals surface area contributed by atoms with E-state index >= 15 is 0 Å². The van der Waals surface area contributed by atoms with Gasteiger partial charge in [-0.3, -0.25) is 10.2 Å². The van der Waals surface area contributed by atoms with E-state index in [4.69, 9.17) is 0 Å². The maximum Gasteiger partial charge on any atom is 0.265 e. The van der Waals surface area contributed by atoms with Crippen LogP contribution in [-0.4, -0.2) is 50.8 Å². The van der Waals surface area contributed by atoms with Crippen LogP contribution in [0, 0.1) is 0 Å². The maximum atomic E-state index is 12.3. The minimum Gasteiger partial charge on any atom is -0.285 e. The van der Waals surface area contributed by atoms with Crippen LogP contribution in [0.5, 0.6) is 0 Å². The summed E-state index contributed by atoms with van der Waals surface area (Å²) in [5.74, 6) is -0.287. The molecule has 0 aromatic heterocycles. The van der Waals surface area contributed by atoms with Crippen LogP contribution in [0.3, 0.4) is 0 Å². The van der Waals surface area contributed by atoms with Crippen molar-refractivity contribution in [3.05, 3.63) is 28.2 Å². The molecule has 1 heterocycles. The van der Waals surface area contributed by atoms with Crippen molar-refractivity contribution in [2.24, 2.45) is 0 Å². The number of hydrogen-bond acceptors (Lipinski definition) is 4. The molecule has 2 rings (SSSR count). The number of carbonyl (C=O) groups is 1. The van der Waals surface area contributed by atoms with Crippen LogP contribution in [-0.2, 0) is 10.0 Å². The fraction of sp³-hybridized carbons (Fsp3) is 0.500. The SMILES string of the molecule is CN(C)S(=O)(=O)c1cc(C(=O)NN2CCCCC2)ccc1Br. The minimum atomic E-state index is -3.60. The zero-order chi connectivity index (χ0) is 16.3. The molecule has 0 atom stereocenters. The quantitative estimate of drug-likeness (QED) is 0.852. The Morgan fingerprint density at radius 2 is 1.86 bits per heavy atom. The van der Waals surface area contributed by atoms with Crippen LogP contribution in [0.25, 0.3) is 0 Å². The normalized spacial score (nSPS) is 16.7. The van der Waals surface area contributed by atoms with E-state index in [1.54, 1.807) is 12.1 Å². The molecule has 1 fully saturated rings. The van der Waals surface area contributed by atoms with Gasteiger partial charge in [0.15, 0.2) is 0 Å². The molecular weight excluding hydrogens is 370 g/mol. The summed E-state index contributed by atoms with van der Waals surface area (Å²) in [6, 6.07) is 4.60. The lowest BCUT2D eigenvalue weighted by atomic mass is 10.1. The lowest BCUT2D eigenvalue weighted by Crippen LogP contribution is -2.45. The average molecular weight is 390 g/mol. The zero-order valence-electron chi connectivity index (χ0n) is 12.7. The van der Waals surface area contributed by atoms with E-state index < -0.39 is 10.0 Å². The van der Waals surface area contributed by atoms with Crippen molar-refractivity contribution >= 4 is 31.9 Å². The molecule has 1 N–H and O–H groups in total. The third-order valence-electron chi connectivity index (χ3n) is 3.57. The smallest absolute Gasteiger partial charge is 0.265 e. The second-order valence-corrected chi connectivity index (χ2v) is 8.40. The van der Waals surface area contributed by atoms with Crippen molar-refractivity contribution in [1.82, 2.24) is 14.7 Å². The summed E-state index contributed by atoms with van der Waals surface area (Å²) in [5.41, 5.74) is 3.16. The number of benzene rings is 1. The van der Waals surface area contributed by atoms with Gasteiger partial charge in [-0.15, -0.1) is 0 Å². The molecule has 0 bridgehead atoms. The molecular formula is C14H20BrN3O3S. The number of halogens is 1. The molecule has 1 aliphatic heterocycles. The third-order valence-corrected chi connectivity index (χ3v) is 6.38. The number of nitrogens with zero attached hydrogens (tertiary/aromatic N) is 2. The van der Waals surface area contributed by atoms with Crippen molar-refractivity contribution in [2.75, 3.05) is 27.2 Å². The van der Waals surface area contributed by atoms with Gasteiger partial charge in [-0.1, -0.05) is 6.42 Å². The van der Waals surface area contributed by atoms with Gasteiger partial charge in [0.1, 0.15) is 0 Å². The Balaban J connectivity index is 2.23. The van der Waals surface area contributed by atoms with Gasteiger partial charge in [-0.05, 0) is 47.0 Å². The summed E-state index contributed by atoms with van der Waals surface area (Å²) in [5, 5.41) is 1.88. The molecule has 1 aromatic rings. The van der Waals surface area contributed by atoms with Crippen LogP contribution in [0.15, 0.2) is 27.6 Å². The van der Waals surface area contributed by atoms with Crippen LogP contribution in [0.4, 0.5) is 0 Å². The first-order valence-corrected chi connectivity index (χ1v) is 9.33. The first-order valence-electron chi connectivity index (χ1n) is 7.10. The van der Waals surface area contributed by atoms with Gasteiger partial charge >= 0.3 is 0 Å². The van der Waals surface area contributed by atoms with E-state index in [9.17, 15) is 13.2 Å². The van der Waals surface area contributed by atoms with E-state index in [0.717, 1.165) is 30.2 Å². The Morgan fingerprint density at radius 3 is 2.45 bits per heavy atom. The molecule has 22 heavy (non-hydrogen) atoms. The number of amides is 1. The Hall–Kier alpha value is -0.960. The number of sulfonamides is 1. The van der Waals surface area contributed by atoms with Gasteiger partial charge < -0.3 is 0 Å². The molecule has 8 heteroatoms. The summed E-state index contributed by atoms with van der Waals surface area (Å²) < 4.78 is 26.1. The van der Waals surface area contributed by atoms with E-state index in [1.807, 2.05) is 5.01 Å². The first-order chi connectivity index (χ1) is 10.3. The largest absolute Gasteiger partial charge is 0.285 e. The Labute approximate surface area is 139 Å². The van der Waals surface area contributed by atoms with Crippen LogP contribution in [0.2, 0.25) is 0 Å². The third kappa shape index (κ3) is 3.87. The fourth-order valence-corrected chi connectivity index (χ4v) is 4.10. The Kier molecular flexibility index (Phi) is 5.60. The summed E-state index contributed by atoms with van der Waals surface area (Å²) >= 11 is 3.23. The topological polar surface area (TPSA) is 69.7 Å². The van der Waals surface area contributed by atoms with E-state index in [0.29, 0.717) is 10.0 Å². The highest BCUT2D eigenvalue weighted by molar-refractivity contribution is 9.10. The summed E-state index contributed by atoms with van der Waals surface area (Å²) in [7, 11) is -0.683. The summed E-state index contributed by atoms with van der Waals surface area (Å²) in [4.78, 5) is 12.4. The van der Waals surface area contributed by atoms with Crippen LogP contribution < -0.4 is 5.43 Å². The summed E-state index contributed by atoms with van der Waals surface area (Å²) in [6.45, 7) is 1.65. The van der Waals surface area contributed by atoms with Gasteiger partial charge in [0, 0.05) is 37.2 Å². The van der Waals surface area contributed by atoms with Crippen molar-refractivity contribution in [3.8, 4) is 0 Å². The van der Waals surface area contributed by atoms with Crippen molar-refractivity contribution < 1.29 is 13.2 Å². The van der Waals surface area contributed by atoms with Gasteiger partial charge in [-0.25, -0.2) is 17.7 Å². The highest BCUT2D eigenvalue weighted by Crippen LogP contribution is 2.25.